The molecule has 0 spiro atoms. The summed E-state index contributed by atoms with van der Waals surface area (Å²) in [5, 5.41) is 9.55. The van der Waals surface area contributed by atoms with E-state index in [1.165, 1.54) is 0 Å². The normalized spacial score (nSPS) is 14.9. The molecule has 1 fully saturated rings. The van der Waals surface area contributed by atoms with Crippen molar-refractivity contribution in [3.05, 3.63) is 77.4 Å². The van der Waals surface area contributed by atoms with Crippen molar-refractivity contribution < 1.29 is 33.6 Å². The van der Waals surface area contributed by atoms with E-state index >= 15 is 0 Å². The van der Waals surface area contributed by atoms with E-state index < -0.39 is 5.97 Å². The zero-order chi connectivity index (χ0) is 27.1. The Labute approximate surface area is 223 Å². The van der Waals surface area contributed by atoms with E-state index in [0.717, 1.165) is 16.7 Å². The van der Waals surface area contributed by atoms with Crippen molar-refractivity contribution in [2.45, 2.75) is 25.5 Å². The van der Waals surface area contributed by atoms with Crippen LogP contribution in [0.4, 0.5) is 0 Å². The van der Waals surface area contributed by atoms with Crippen LogP contribution in [0.2, 0.25) is 0 Å². The summed E-state index contributed by atoms with van der Waals surface area (Å²) in [5.74, 6) is 1.76. The van der Waals surface area contributed by atoms with Crippen LogP contribution in [0.3, 0.4) is 0 Å². The number of carboxylic acids is 1. The van der Waals surface area contributed by atoms with E-state index in [4.69, 9.17) is 23.7 Å². The first-order chi connectivity index (χ1) is 18.5. The lowest BCUT2D eigenvalue weighted by molar-refractivity contribution is -0.143. The highest BCUT2D eigenvalue weighted by Gasteiger charge is 2.33. The van der Waals surface area contributed by atoms with Crippen LogP contribution in [0.5, 0.6) is 28.7 Å². The second-order valence-corrected chi connectivity index (χ2v) is 9.16. The lowest BCUT2D eigenvalue weighted by atomic mass is 9.90. The van der Waals surface area contributed by atoms with Gasteiger partial charge in [0.2, 0.25) is 5.75 Å². The molecule has 1 N–H and O–H groups in total. The first-order valence-electron chi connectivity index (χ1n) is 12.6. The van der Waals surface area contributed by atoms with Gasteiger partial charge in [0.25, 0.3) is 0 Å². The number of benzene rings is 3. The molecule has 1 aliphatic rings. The summed E-state index contributed by atoms with van der Waals surface area (Å²) in [6.07, 6.45) is 1.12. The molecule has 1 unspecified atom stereocenters. The highest BCUT2D eigenvalue weighted by molar-refractivity contribution is 5.70. The molecule has 1 saturated heterocycles. The van der Waals surface area contributed by atoms with Gasteiger partial charge in [0.1, 0.15) is 6.61 Å². The number of carboxylic acid groups (broad SMARTS) is 1. The van der Waals surface area contributed by atoms with E-state index in [1.54, 1.807) is 28.4 Å². The molecule has 0 bridgehead atoms. The number of piperidine rings is 1. The summed E-state index contributed by atoms with van der Waals surface area (Å²) in [6, 6.07) is 19.3. The van der Waals surface area contributed by atoms with Crippen molar-refractivity contribution in [3.8, 4) is 28.7 Å². The highest BCUT2D eigenvalue weighted by atomic mass is 16.5. The lowest BCUT2D eigenvalue weighted by Crippen LogP contribution is -2.39. The average Bonchev–Trinajstić information content (AvgIpc) is 2.96. The first-order valence-corrected chi connectivity index (χ1v) is 12.6. The van der Waals surface area contributed by atoms with Crippen molar-refractivity contribution in [1.29, 1.82) is 0 Å². The quantitative estimate of drug-likeness (QED) is 0.369. The number of carbonyl (C=O) groups is 1. The molecule has 8 heteroatoms. The molecule has 8 nitrogen and oxygen atoms in total. The second kappa shape index (κ2) is 12.6. The minimum absolute atomic E-state index is 0.263. The van der Waals surface area contributed by atoms with Gasteiger partial charge in [-0.2, -0.15) is 0 Å². The first kappa shape index (κ1) is 27.1. The van der Waals surface area contributed by atoms with Crippen molar-refractivity contribution in [2.75, 3.05) is 41.5 Å². The number of hydrogen-bond donors (Lipinski definition) is 1. The predicted molar refractivity (Wildman–Crippen MR) is 144 cm³/mol. The van der Waals surface area contributed by atoms with Gasteiger partial charge in [-0.3, -0.25) is 9.69 Å². The Morgan fingerprint density at radius 1 is 0.842 bits per heavy atom. The van der Waals surface area contributed by atoms with E-state index in [2.05, 4.69) is 4.90 Å². The summed E-state index contributed by atoms with van der Waals surface area (Å²) in [5.41, 5.74) is 2.84. The molecule has 0 saturated carbocycles. The smallest absolute Gasteiger partial charge is 0.306 e. The van der Waals surface area contributed by atoms with E-state index in [-0.39, 0.29) is 12.0 Å². The third-order valence-corrected chi connectivity index (χ3v) is 7.00. The Balaban J connectivity index is 1.78. The number of rotatable bonds is 11. The van der Waals surface area contributed by atoms with Crippen LogP contribution in [0, 0.1) is 5.92 Å². The molecule has 1 heterocycles. The largest absolute Gasteiger partial charge is 0.493 e. The summed E-state index contributed by atoms with van der Waals surface area (Å²) < 4.78 is 29.1. The number of nitrogens with zero attached hydrogens (tertiary/aromatic N) is 1. The zero-order valence-electron chi connectivity index (χ0n) is 22.3. The van der Waals surface area contributed by atoms with E-state index in [9.17, 15) is 9.90 Å². The fraction of sp³-hybridized carbons (Fsp3) is 0.367. The maximum atomic E-state index is 11.6. The number of para-hydroxylation sites is 1. The van der Waals surface area contributed by atoms with Gasteiger partial charge in [0.05, 0.1) is 40.4 Å². The monoisotopic (exact) mass is 521 g/mol. The van der Waals surface area contributed by atoms with Crippen LogP contribution < -0.4 is 23.7 Å². The zero-order valence-corrected chi connectivity index (χ0v) is 22.3. The molecule has 202 valence electrons. The fourth-order valence-corrected chi connectivity index (χ4v) is 5.05. The SMILES string of the molecule is COc1cc(C(c2cccc(OC)c2OC)N2CCC(C(=O)O)CC2)cc(OC)c1OCc1ccccc1. The molecule has 3 aromatic rings. The average molecular weight is 522 g/mol. The molecular formula is C30H35NO7. The third-order valence-electron chi connectivity index (χ3n) is 7.00. The maximum absolute atomic E-state index is 11.6. The molecular weight excluding hydrogens is 486 g/mol. The van der Waals surface area contributed by atoms with Gasteiger partial charge in [-0.15, -0.1) is 0 Å². The van der Waals surface area contributed by atoms with Crippen molar-refractivity contribution >= 4 is 5.97 Å². The third kappa shape index (κ3) is 5.81. The van der Waals surface area contributed by atoms with Gasteiger partial charge in [-0.25, -0.2) is 0 Å². The van der Waals surface area contributed by atoms with Gasteiger partial charge in [-0.05, 0) is 55.3 Å². The minimum Gasteiger partial charge on any atom is -0.493 e. The van der Waals surface area contributed by atoms with Crippen LogP contribution in [0.1, 0.15) is 35.6 Å². The predicted octanol–water partition coefficient (Wildman–Crippen LogP) is 5.19. The molecule has 38 heavy (non-hydrogen) atoms. The second-order valence-electron chi connectivity index (χ2n) is 9.16. The van der Waals surface area contributed by atoms with Gasteiger partial charge in [-0.1, -0.05) is 42.5 Å². The minimum atomic E-state index is -0.747. The topological polar surface area (TPSA) is 86.7 Å². The summed E-state index contributed by atoms with van der Waals surface area (Å²) in [7, 11) is 6.44. The standard InChI is InChI=1S/C30H35NO7/c1-34-24-12-8-11-23(28(24)37-4)27(31-15-13-21(14-16-31)30(32)33)22-17-25(35-2)29(26(18-22)36-3)38-19-20-9-6-5-7-10-20/h5-12,17-18,21,27H,13-16,19H2,1-4H3,(H,32,33). The lowest BCUT2D eigenvalue weighted by Gasteiger charge is -2.38. The van der Waals surface area contributed by atoms with Crippen LogP contribution in [-0.4, -0.2) is 57.5 Å². The van der Waals surface area contributed by atoms with Crippen LogP contribution in [-0.2, 0) is 11.4 Å². The summed E-state index contributed by atoms with van der Waals surface area (Å²) >= 11 is 0. The van der Waals surface area contributed by atoms with Gasteiger partial charge in [0.15, 0.2) is 23.0 Å². The summed E-state index contributed by atoms with van der Waals surface area (Å²) in [6.45, 7) is 1.58. The molecule has 3 aromatic carbocycles. The molecule has 1 aliphatic heterocycles. The molecule has 0 radical (unpaired) electrons. The fourth-order valence-electron chi connectivity index (χ4n) is 5.05. The number of likely N-dealkylation sites (tertiary alicyclic amines) is 1. The Morgan fingerprint density at radius 3 is 2.03 bits per heavy atom. The highest BCUT2D eigenvalue weighted by Crippen LogP contribution is 2.46. The molecule has 0 amide bonds. The Kier molecular flexibility index (Phi) is 8.97. The van der Waals surface area contributed by atoms with Gasteiger partial charge in [0, 0.05) is 5.56 Å². The van der Waals surface area contributed by atoms with Crippen molar-refractivity contribution in [1.82, 2.24) is 4.90 Å². The maximum Gasteiger partial charge on any atom is 0.306 e. The van der Waals surface area contributed by atoms with Crippen molar-refractivity contribution in [2.24, 2.45) is 5.92 Å². The Bertz CT molecular complexity index is 1200. The molecule has 0 aromatic heterocycles. The number of hydrogen-bond acceptors (Lipinski definition) is 7. The van der Waals surface area contributed by atoms with E-state index in [1.807, 2.05) is 60.7 Å². The molecule has 4 rings (SSSR count). The van der Waals surface area contributed by atoms with E-state index in [0.29, 0.717) is 61.3 Å². The number of aliphatic carboxylic acids is 1. The number of ether oxygens (including phenoxy) is 5. The van der Waals surface area contributed by atoms with Crippen LogP contribution >= 0.6 is 0 Å². The Morgan fingerprint density at radius 2 is 1.47 bits per heavy atom. The van der Waals surface area contributed by atoms with Crippen LogP contribution in [0.15, 0.2) is 60.7 Å². The molecule has 0 aliphatic carbocycles. The van der Waals surface area contributed by atoms with Crippen LogP contribution in [0.25, 0.3) is 0 Å². The van der Waals surface area contributed by atoms with Gasteiger partial charge >= 0.3 is 5.97 Å². The van der Waals surface area contributed by atoms with Gasteiger partial charge < -0.3 is 28.8 Å². The Hall–Kier alpha value is -3.91. The summed E-state index contributed by atoms with van der Waals surface area (Å²) in [4.78, 5) is 13.9. The molecule has 1 atom stereocenters. The van der Waals surface area contributed by atoms with Crippen molar-refractivity contribution in [3.63, 3.8) is 0 Å². The number of methoxy groups -OCH3 is 4.